The molecule has 3 atom stereocenters. The highest BCUT2D eigenvalue weighted by molar-refractivity contribution is 5.82. The Bertz CT molecular complexity index is 512. The first kappa shape index (κ1) is 20.5. The van der Waals surface area contributed by atoms with Crippen molar-refractivity contribution in [2.45, 2.75) is 59.8 Å². The van der Waals surface area contributed by atoms with E-state index in [4.69, 9.17) is 4.74 Å². The van der Waals surface area contributed by atoms with Crippen molar-refractivity contribution in [3.8, 4) is 0 Å². The van der Waals surface area contributed by atoms with E-state index in [0.29, 0.717) is 18.4 Å². The SMILES string of the molecule is C=C[C@@]1(C)CC[C@H](C(C)=CC=CC(=O)OCCCC)C[C@@H]1C(=C)C. The highest BCUT2D eigenvalue weighted by atomic mass is 16.5. The van der Waals surface area contributed by atoms with Gasteiger partial charge in [-0.2, -0.15) is 0 Å². The van der Waals surface area contributed by atoms with Gasteiger partial charge in [-0.25, -0.2) is 4.79 Å². The molecule has 24 heavy (non-hydrogen) atoms. The van der Waals surface area contributed by atoms with E-state index in [-0.39, 0.29) is 11.4 Å². The topological polar surface area (TPSA) is 26.3 Å². The van der Waals surface area contributed by atoms with Crippen molar-refractivity contribution < 1.29 is 9.53 Å². The Morgan fingerprint density at radius 2 is 2.08 bits per heavy atom. The van der Waals surface area contributed by atoms with Crippen molar-refractivity contribution in [1.29, 1.82) is 0 Å². The normalized spacial score (nSPS) is 27.9. The van der Waals surface area contributed by atoms with E-state index >= 15 is 0 Å². The molecular weight excluding hydrogens is 296 g/mol. The van der Waals surface area contributed by atoms with E-state index in [1.54, 1.807) is 0 Å². The first-order valence-corrected chi connectivity index (χ1v) is 9.14. The molecule has 0 bridgehead atoms. The maximum absolute atomic E-state index is 11.6. The van der Waals surface area contributed by atoms with Gasteiger partial charge >= 0.3 is 5.97 Å². The van der Waals surface area contributed by atoms with E-state index in [1.165, 1.54) is 17.2 Å². The second kappa shape index (κ2) is 9.66. The average molecular weight is 331 g/mol. The molecule has 1 aliphatic rings. The minimum Gasteiger partial charge on any atom is -0.463 e. The highest BCUT2D eigenvalue weighted by Crippen LogP contribution is 2.48. The lowest BCUT2D eigenvalue weighted by Crippen LogP contribution is -2.33. The molecule has 1 aliphatic carbocycles. The fraction of sp³-hybridized carbons (Fsp3) is 0.591. The molecule has 2 nitrogen and oxygen atoms in total. The standard InChI is InChI=1S/C22H34O2/c1-7-9-15-24-21(23)12-10-11-18(5)19-13-14-22(6,8-2)20(16-19)17(3)4/h8,10-12,19-20H,2-3,7,9,13-16H2,1,4-6H3/t19-,20+,22-/m0/s1. The molecule has 0 radical (unpaired) electrons. The Kier molecular flexibility index (Phi) is 8.24. The molecule has 1 saturated carbocycles. The fourth-order valence-corrected chi connectivity index (χ4v) is 3.53. The van der Waals surface area contributed by atoms with Crippen LogP contribution in [0.1, 0.15) is 59.8 Å². The summed E-state index contributed by atoms with van der Waals surface area (Å²) in [6, 6.07) is 0. The summed E-state index contributed by atoms with van der Waals surface area (Å²) in [5, 5.41) is 0. The second-order valence-electron chi connectivity index (χ2n) is 7.37. The number of ether oxygens (including phenoxy) is 1. The van der Waals surface area contributed by atoms with Crippen LogP contribution in [0, 0.1) is 17.3 Å². The predicted octanol–water partition coefficient (Wildman–Crippen LogP) is 6.02. The number of carbonyl (C=O) groups is 1. The second-order valence-corrected chi connectivity index (χ2v) is 7.37. The lowest BCUT2D eigenvalue weighted by molar-refractivity contribution is -0.137. The van der Waals surface area contributed by atoms with Crippen molar-refractivity contribution in [2.24, 2.45) is 17.3 Å². The van der Waals surface area contributed by atoms with Gasteiger partial charge in [0.1, 0.15) is 0 Å². The maximum Gasteiger partial charge on any atom is 0.330 e. The predicted molar refractivity (Wildman–Crippen MR) is 103 cm³/mol. The number of allylic oxidation sites excluding steroid dienone is 5. The Hall–Kier alpha value is -1.57. The quantitative estimate of drug-likeness (QED) is 0.179. The van der Waals surface area contributed by atoms with Crippen LogP contribution < -0.4 is 0 Å². The lowest BCUT2D eigenvalue weighted by atomic mass is 9.61. The van der Waals surface area contributed by atoms with Crippen LogP contribution in [-0.4, -0.2) is 12.6 Å². The van der Waals surface area contributed by atoms with Gasteiger partial charge in [0.05, 0.1) is 6.61 Å². The Labute approximate surface area is 148 Å². The average Bonchev–Trinajstić information content (AvgIpc) is 2.55. The molecule has 0 unspecified atom stereocenters. The zero-order valence-corrected chi connectivity index (χ0v) is 15.9. The Morgan fingerprint density at radius 3 is 2.67 bits per heavy atom. The van der Waals surface area contributed by atoms with Crippen LogP contribution in [0.3, 0.4) is 0 Å². The van der Waals surface area contributed by atoms with Crippen LogP contribution in [0.15, 0.2) is 48.6 Å². The Morgan fingerprint density at radius 1 is 1.38 bits per heavy atom. The molecule has 0 heterocycles. The molecule has 0 aliphatic heterocycles. The Balaban J connectivity index is 2.64. The number of rotatable bonds is 8. The molecule has 0 N–H and O–H groups in total. The van der Waals surface area contributed by atoms with Gasteiger partial charge in [0.2, 0.25) is 0 Å². The zero-order valence-electron chi connectivity index (χ0n) is 15.9. The summed E-state index contributed by atoms with van der Waals surface area (Å²) in [4.78, 5) is 11.6. The molecule has 1 rings (SSSR count). The van der Waals surface area contributed by atoms with Crippen LogP contribution in [0.2, 0.25) is 0 Å². The first-order chi connectivity index (χ1) is 11.3. The van der Waals surface area contributed by atoms with Gasteiger partial charge < -0.3 is 4.74 Å². The van der Waals surface area contributed by atoms with Gasteiger partial charge in [-0.3, -0.25) is 0 Å². The van der Waals surface area contributed by atoms with E-state index < -0.39 is 0 Å². The number of hydrogen-bond acceptors (Lipinski definition) is 2. The fourth-order valence-electron chi connectivity index (χ4n) is 3.53. The summed E-state index contributed by atoms with van der Waals surface area (Å²) >= 11 is 0. The van der Waals surface area contributed by atoms with Gasteiger partial charge in [-0.15, -0.1) is 6.58 Å². The van der Waals surface area contributed by atoms with E-state index in [0.717, 1.165) is 32.1 Å². The zero-order chi connectivity index (χ0) is 18.2. The van der Waals surface area contributed by atoms with Gasteiger partial charge in [0.25, 0.3) is 0 Å². The van der Waals surface area contributed by atoms with Gasteiger partial charge in [0, 0.05) is 6.08 Å². The lowest BCUT2D eigenvalue weighted by Gasteiger charge is -2.43. The smallest absolute Gasteiger partial charge is 0.330 e. The number of unbranched alkanes of at least 4 members (excludes halogenated alkanes) is 1. The van der Waals surface area contributed by atoms with Gasteiger partial charge in [-0.1, -0.05) is 56.2 Å². The van der Waals surface area contributed by atoms with Crippen LogP contribution >= 0.6 is 0 Å². The van der Waals surface area contributed by atoms with Crippen molar-refractivity contribution in [1.82, 2.24) is 0 Å². The van der Waals surface area contributed by atoms with Crippen LogP contribution in [0.25, 0.3) is 0 Å². The van der Waals surface area contributed by atoms with Crippen LogP contribution in [0.4, 0.5) is 0 Å². The van der Waals surface area contributed by atoms with Crippen molar-refractivity contribution >= 4 is 5.97 Å². The summed E-state index contributed by atoms with van der Waals surface area (Å²) in [5.74, 6) is 0.760. The summed E-state index contributed by atoms with van der Waals surface area (Å²) in [6.45, 7) is 17.4. The summed E-state index contributed by atoms with van der Waals surface area (Å²) in [5.41, 5.74) is 2.72. The third-order valence-corrected chi connectivity index (χ3v) is 5.39. The molecule has 134 valence electrons. The largest absolute Gasteiger partial charge is 0.463 e. The molecule has 0 aromatic rings. The molecule has 0 aromatic heterocycles. The summed E-state index contributed by atoms with van der Waals surface area (Å²) in [7, 11) is 0. The third kappa shape index (κ3) is 5.81. The van der Waals surface area contributed by atoms with E-state index in [9.17, 15) is 4.79 Å². The van der Waals surface area contributed by atoms with E-state index in [2.05, 4.69) is 53.0 Å². The number of hydrogen-bond donors (Lipinski definition) is 0. The van der Waals surface area contributed by atoms with E-state index in [1.807, 2.05) is 6.08 Å². The molecule has 1 fully saturated rings. The van der Waals surface area contributed by atoms with Crippen molar-refractivity contribution in [2.75, 3.05) is 6.61 Å². The minimum absolute atomic E-state index is 0.154. The van der Waals surface area contributed by atoms with Gasteiger partial charge in [-0.05, 0) is 56.8 Å². The number of esters is 1. The minimum atomic E-state index is -0.254. The van der Waals surface area contributed by atoms with Crippen LogP contribution in [-0.2, 0) is 9.53 Å². The third-order valence-electron chi connectivity index (χ3n) is 5.39. The molecular formula is C22H34O2. The molecule has 0 aromatic carbocycles. The highest BCUT2D eigenvalue weighted by Gasteiger charge is 2.38. The molecule has 2 heteroatoms. The summed E-state index contributed by atoms with van der Waals surface area (Å²) < 4.78 is 5.12. The molecule has 0 spiro atoms. The van der Waals surface area contributed by atoms with Crippen LogP contribution in [0.5, 0.6) is 0 Å². The molecule has 0 saturated heterocycles. The summed E-state index contributed by atoms with van der Waals surface area (Å²) in [6.07, 6.45) is 12.8. The van der Waals surface area contributed by atoms with Crippen molar-refractivity contribution in [3.63, 3.8) is 0 Å². The van der Waals surface area contributed by atoms with Crippen molar-refractivity contribution in [3.05, 3.63) is 48.6 Å². The monoisotopic (exact) mass is 330 g/mol. The first-order valence-electron chi connectivity index (χ1n) is 9.14. The molecule has 0 amide bonds. The number of carbonyl (C=O) groups excluding carboxylic acids is 1. The van der Waals surface area contributed by atoms with Gasteiger partial charge in [0.15, 0.2) is 0 Å². The maximum atomic E-state index is 11.6.